The van der Waals surface area contributed by atoms with Gasteiger partial charge in [-0.05, 0) is 54.0 Å². The van der Waals surface area contributed by atoms with Crippen molar-refractivity contribution in [2.75, 3.05) is 7.11 Å². The van der Waals surface area contributed by atoms with Crippen LogP contribution >= 0.6 is 12.2 Å². The molecule has 0 aliphatic rings. The van der Waals surface area contributed by atoms with Gasteiger partial charge in [0.15, 0.2) is 4.77 Å². The third-order valence-corrected chi connectivity index (χ3v) is 4.04. The number of aromatic amines is 1. The highest BCUT2D eigenvalue weighted by molar-refractivity contribution is 7.71. The first-order valence-corrected chi connectivity index (χ1v) is 7.67. The van der Waals surface area contributed by atoms with Crippen LogP contribution in [0.25, 0.3) is 16.9 Å². The van der Waals surface area contributed by atoms with Crippen molar-refractivity contribution in [1.82, 2.24) is 9.55 Å². The summed E-state index contributed by atoms with van der Waals surface area (Å²) in [5.41, 5.74) is 4.49. The van der Waals surface area contributed by atoms with E-state index < -0.39 is 0 Å². The van der Waals surface area contributed by atoms with Crippen molar-refractivity contribution in [3.63, 3.8) is 0 Å². The molecule has 3 nitrogen and oxygen atoms in total. The summed E-state index contributed by atoms with van der Waals surface area (Å²) >= 11 is 5.44. The maximum atomic E-state index is 5.44. The molecular formula is C18H18N2OS. The number of H-pyrrole nitrogens is 1. The summed E-state index contributed by atoms with van der Waals surface area (Å²) in [5, 5.41) is 0. The van der Waals surface area contributed by atoms with Crippen molar-refractivity contribution in [3.8, 4) is 22.7 Å². The first-order valence-electron chi connectivity index (χ1n) is 7.26. The minimum atomic E-state index is 0.680. The van der Waals surface area contributed by atoms with Crippen LogP contribution in [0.2, 0.25) is 0 Å². The second-order valence-corrected chi connectivity index (χ2v) is 5.48. The largest absolute Gasteiger partial charge is 0.497 e. The van der Waals surface area contributed by atoms with Gasteiger partial charge in [-0.3, -0.25) is 4.57 Å². The number of aromatic nitrogens is 2. The molecule has 1 N–H and O–H groups in total. The van der Waals surface area contributed by atoms with E-state index in [1.165, 1.54) is 5.56 Å². The molecule has 0 spiro atoms. The molecule has 112 valence electrons. The molecule has 0 radical (unpaired) electrons. The summed E-state index contributed by atoms with van der Waals surface area (Å²) in [7, 11) is 1.66. The lowest BCUT2D eigenvalue weighted by Gasteiger charge is -2.04. The summed E-state index contributed by atoms with van der Waals surface area (Å²) in [5.74, 6) is 0.834. The molecule has 22 heavy (non-hydrogen) atoms. The fourth-order valence-corrected chi connectivity index (χ4v) is 2.66. The number of ether oxygens (including phenoxy) is 1. The van der Waals surface area contributed by atoms with Gasteiger partial charge in [-0.2, -0.15) is 0 Å². The molecule has 3 rings (SSSR count). The van der Waals surface area contributed by atoms with E-state index in [0.717, 1.165) is 29.1 Å². The van der Waals surface area contributed by atoms with Crippen LogP contribution in [0.5, 0.6) is 5.75 Å². The molecule has 0 amide bonds. The van der Waals surface area contributed by atoms with Gasteiger partial charge in [-0.1, -0.05) is 31.2 Å². The van der Waals surface area contributed by atoms with E-state index >= 15 is 0 Å². The first kappa shape index (κ1) is 14.6. The zero-order chi connectivity index (χ0) is 15.5. The van der Waals surface area contributed by atoms with Crippen LogP contribution in [0.1, 0.15) is 12.5 Å². The van der Waals surface area contributed by atoms with Crippen LogP contribution in [0.15, 0.2) is 54.7 Å². The molecule has 0 saturated carbocycles. The van der Waals surface area contributed by atoms with E-state index in [2.05, 4.69) is 36.2 Å². The predicted octanol–water partition coefficient (Wildman–Crippen LogP) is 4.77. The maximum Gasteiger partial charge on any atom is 0.182 e. The summed E-state index contributed by atoms with van der Waals surface area (Å²) in [6.45, 7) is 2.16. The zero-order valence-electron chi connectivity index (χ0n) is 12.7. The molecule has 0 aliphatic heterocycles. The van der Waals surface area contributed by atoms with Crippen LogP contribution in [-0.4, -0.2) is 16.7 Å². The quantitative estimate of drug-likeness (QED) is 0.703. The third-order valence-electron chi connectivity index (χ3n) is 3.74. The molecule has 1 heterocycles. The molecular weight excluding hydrogens is 292 g/mol. The lowest BCUT2D eigenvalue weighted by Crippen LogP contribution is -1.92. The second kappa shape index (κ2) is 6.20. The number of imidazole rings is 1. The Labute approximate surface area is 135 Å². The van der Waals surface area contributed by atoms with Crippen LogP contribution in [0.3, 0.4) is 0 Å². The van der Waals surface area contributed by atoms with E-state index in [4.69, 9.17) is 17.0 Å². The minimum absolute atomic E-state index is 0.680. The lowest BCUT2D eigenvalue weighted by molar-refractivity contribution is 0.414. The highest BCUT2D eigenvalue weighted by atomic mass is 32.1. The van der Waals surface area contributed by atoms with E-state index in [1.807, 2.05) is 35.0 Å². The van der Waals surface area contributed by atoms with Crippen molar-refractivity contribution in [2.45, 2.75) is 13.3 Å². The fraction of sp³-hybridized carbons (Fsp3) is 0.167. The molecule has 0 fully saturated rings. The molecule has 1 aromatic heterocycles. The number of benzene rings is 2. The Kier molecular flexibility index (Phi) is 4.11. The maximum absolute atomic E-state index is 5.44. The Bertz CT molecular complexity index is 814. The Morgan fingerprint density at radius 1 is 1.05 bits per heavy atom. The Hall–Kier alpha value is -2.33. The summed E-state index contributed by atoms with van der Waals surface area (Å²) < 4.78 is 7.84. The smallest absolute Gasteiger partial charge is 0.182 e. The highest BCUT2D eigenvalue weighted by Crippen LogP contribution is 2.22. The SMILES string of the molecule is CCc1ccc(-c2cn(-c3ccc(OC)cc3)c(=S)[nH]2)cc1. The van der Waals surface area contributed by atoms with Gasteiger partial charge in [0.1, 0.15) is 5.75 Å². The Balaban J connectivity index is 1.97. The average molecular weight is 310 g/mol. The van der Waals surface area contributed by atoms with Crippen LogP contribution in [-0.2, 0) is 6.42 Å². The number of methoxy groups -OCH3 is 1. The molecule has 4 heteroatoms. The predicted molar refractivity (Wildman–Crippen MR) is 92.3 cm³/mol. The standard InChI is InChI=1S/C18H18N2OS/c1-3-13-4-6-14(7-5-13)17-12-20(18(22)19-17)15-8-10-16(21-2)11-9-15/h4-12H,3H2,1-2H3,(H,19,22). The number of hydrogen-bond acceptors (Lipinski definition) is 2. The molecule has 0 unspecified atom stereocenters. The number of aryl methyl sites for hydroxylation is 1. The third kappa shape index (κ3) is 2.83. The lowest BCUT2D eigenvalue weighted by atomic mass is 10.1. The van der Waals surface area contributed by atoms with Gasteiger partial charge >= 0.3 is 0 Å². The molecule has 2 aromatic carbocycles. The molecule has 0 saturated heterocycles. The second-order valence-electron chi connectivity index (χ2n) is 5.09. The number of rotatable bonds is 4. The van der Waals surface area contributed by atoms with Gasteiger partial charge in [0.05, 0.1) is 12.8 Å². The first-order chi connectivity index (χ1) is 10.7. The molecule has 0 bridgehead atoms. The van der Waals surface area contributed by atoms with Gasteiger partial charge in [0.2, 0.25) is 0 Å². The van der Waals surface area contributed by atoms with Crippen LogP contribution in [0, 0.1) is 4.77 Å². The molecule has 0 aliphatic carbocycles. The number of nitrogens with zero attached hydrogens (tertiary/aromatic N) is 1. The van der Waals surface area contributed by atoms with Gasteiger partial charge in [0, 0.05) is 11.9 Å². The van der Waals surface area contributed by atoms with E-state index in [1.54, 1.807) is 7.11 Å². The van der Waals surface area contributed by atoms with Crippen molar-refractivity contribution in [1.29, 1.82) is 0 Å². The fourth-order valence-electron chi connectivity index (χ4n) is 2.40. The Morgan fingerprint density at radius 2 is 1.73 bits per heavy atom. The summed E-state index contributed by atoms with van der Waals surface area (Å²) in [4.78, 5) is 3.27. The van der Waals surface area contributed by atoms with Crippen molar-refractivity contribution >= 4 is 12.2 Å². The van der Waals surface area contributed by atoms with E-state index in [-0.39, 0.29) is 0 Å². The molecule has 0 atom stereocenters. The average Bonchev–Trinajstić information content (AvgIpc) is 2.97. The Morgan fingerprint density at radius 3 is 2.32 bits per heavy atom. The van der Waals surface area contributed by atoms with Crippen LogP contribution in [0.4, 0.5) is 0 Å². The van der Waals surface area contributed by atoms with E-state index in [9.17, 15) is 0 Å². The van der Waals surface area contributed by atoms with Crippen LogP contribution < -0.4 is 4.74 Å². The van der Waals surface area contributed by atoms with Gasteiger partial charge in [-0.25, -0.2) is 0 Å². The van der Waals surface area contributed by atoms with Gasteiger partial charge < -0.3 is 9.72 Å². The summed E-state index contributed by atoms with van der Waals surface area (Å²) in [6, 6.07) is 16.4. The topological polar surface area (TPSA) is 29.9 Å². The monoisotopic (exact) mass is 310 g/mol. The van der Waals surface area contributed by atoms with Crippen molar-refractivity contribution in [3.05, 3.63) is 65.1 Å². The highest BCUT2D eigenvalue weighted by Gasteiger charge is 2.05. The van der Waals surface area contributed by atoms with Gasteiger partial charge in [-0.15, -0.1) is 0 Å². The van der Waals surface area contributed by atoms with Crippen molar-refractivity contribution in [2.24, 2.45) is 0 Å². The summed E-state index contributed by atoms with van der Waals surface area (Å²) in [6.07, 6.45) is 3.08. The van der Waals surface area contributed by atoms with Crippen molar-refractivity contribution < 1.29 is 4.74 Å². The molecule has 3 aromatic rings. The number of nitrogens with one attached hydrogen (secondary N) is 1. The minimum Gasteiger partial charge on any atom is -0.497 e. The van der Waals surface area contributed by atoms with E-state index in [0.29, 0.717) is 4.77 Å². The normalized spacial score (nSPS) is 10.6. The zero-order valence-corrected chi connectivity index (χ0v) is 13.5. The van der Waals surface area contributed by atoms with Gasteiger partial charge in [0.25, 0.3) is 0 Å². The number of hydrogen-bond donors (Lipinski definition) is 1.